The van der Waals surface area contributed by atoms with Crippen molar-refractivity contribution >= 4 is 29.4 Å². The minimum absolute atomic E-state index is 0.0656. The Morgan fingerprint density at radius 3 is 2.68 bits per heavy atom. The highest BCUT2D eigenvalue weighted by atomic mass is 35.5. The molecular weight excluding hydrogens is 357 g/mol. The lowest BCUT2D eigenvalue weighted by molar-refractivity contribution is -0.142. The number of hydrogen-bond acceptors (Lipinski definition) is 6. The lowest BCUT2D eigenvalue weighted by Gasteiger charge is -2.24. The van der Waals surface area contributed by atoms with Gasteiger partial charge in [-0.3, -0.25) is 14.9 Å². The second-order valence-electron chi connectivity index (χ2n) is 5.16. The predicted molar refractivity (Wildman–Crippen MR) is 83.8 cm³/mol. The second kappa shape index (κ2) is 7.10. The van der Waals surface area contributed by atoms with E-state index in [1.807, 2.05) is 0 Å². The second-order valence-corrected chi connectivity index (χ2v) is 5.57. The quantitative estimate of drug-likeness (QED) is 0.818. The lowest BCUT2D eigenvalue weighted by Crippen LogP contribution is -2.33. The summed E-state index contributed by atoms with van der Waals surface area (Å²) >= 11 is 5.75. The number of ether oxygens (including phenoxy) is 3. The van der Waals surface area contributed by atoms with E-state index in [2.05, 4.69) is 5.32 Å². The lowest BCUT2D eigenvalue weighted by atomic mass is 9.91. The molecule has 1 amide bonds. The van der Waals surface area contributed by atoms with Crippen LogP contribution in [0.25, 0.3) is 0 Å². The molecule has 0 fully saturated rings. The zero-order valence-corrected chi connectivity index (χ0v) is 14.4. The van der Waals surface area contributed by atoms with Crippen molar-refractivity contribution in [2.45, 2.75) is 26.4 Å². The maximum absolute atomic E-state index is 14.4. The van der Waals surface area contributed by atoms with E-state index in [1.165, 1.54) is 25.1 Å². The molecule has 134 valence electrons. The van der Waals surface area contributed by atoms with Crippen LogP contribution in [0.1, 0.15) is 26.3 Å². The van der Waals surface area contributed by atoms with Crippen LogP contribution in [-0.4, -0.2) is 24.5 Å². The zero-order chi connectivity index (χ0) is 18.8. The van der Waals surface area contributed by atoms with Crippen molar-refractivity contribution in [3.63, 3.8) is 0 Å². The molecule has 1 unspecified atom stereocenters. The van der Waals surface area contributed by atoms with E-state index < -0.39 is 40.9 Å². The number of benzene rings is 1. The number of esters is 1. The number of alkyl carbamates (subject to hydrolysis) is 1. The number of rotatable bonds is 4. The summed E-state index contributed by atoms with van der Waals surface area (Å²) in [5, 5.41) is 1.96. The van der Waals surface area contributed by atoms with E-state index in [0.29, 0.717) is 0 Å². The van der Waals surface area contributed by atoms with E-state index in [-0.39, 0.29) is 17.2 Å². The average molecular weight is 372 g/mol. The van der Waals surface area contributed by atoms with Crippen LogP contribution in [0.5, 0.6) is 0 Å². The summed E-state index contributed by atoms with van der Waals surface area (Å²) in [5.74, 6) is -3.52. The summed E-state index contributed by atoms with van der Waals surface area (Å²) in [4.78, 5) is 35.6. The van der Waals surface area contributed by atoms with Crippen molar-refractivity contribution in [1.29, 1.82) is 0 Å². The highest BCUT2D eigenvalue weighted by Gasteiger charge is 2.51. The average Bonchev–Trinajstić information content (AvgIpc) is 2.75. The van der Waals surface area contributed by atoms with Crippen LogP contribution in [0.4, 0.5) is 9.18 Å². The number of carbonyl (C=O) groups is 3. The molecule has 2 rings (SSSR count). The van der Waals surface area contributed by atoms with Crippen molar-refractivity contribution in [3.8, 4) is 0 Å². The first-order valence-corrected chi connectivity index (χ1v) is 7.63. The van der Waals surface area contributed by atoms with Crippen molar-refractivity contribution in [2.75, 3.05) is 6.61 Å². The smallest absolute Gasteiger partial charge is 0.414 e. The fourth-order valence-corrected chi connectivity index (χ4v) is 2.42. The summed E-state index contributed by atoms with van der Waals surface area (Å²) < 4.78 is 29.4. The van der Waals surface area contributed by atoms with Crippen molar-refractivity contribution < 1.29 is 33.0 Å². The number of nitrogens with one attached hydrogen (secondary N) is 1. The highest BCUT2D eigenvalue weighted by Crippen LogP contribution is 2.40. The standard InChI is InChI=1S/C16H15ClFNO6/c1-4-23-15(22)19-14-12(24-8(2)20)13(21)16(3,25-14)9-6-5-7-10(17)11(9)18/h5-7H,4H2,1-3H3,(H,19,22). The first kappa shape index (κ1) is 18.7. The van der Waals surface area contributed by atoms with Crippen molar-refractivity contribution in [2.24, 2.45) is 0 Å². The SMILES string of the molecule is CCOC(=O)NC1=C(OC(C)=O)C(=O)C(C)(c2cccc(Cl)c2F)O1. The summed E-state index contributed by atoms with van der Waals surface area (Å²) in [5.41, 5.74) is -2.05. The van der Waals surface area contributed by atoms with Crippen LogP contribution in [0.15, 0.2) is 29.8 Å². The molecule has 0 bridgehead atoms. The third-order valence-corrected chi connectivity index (χ3v) is 3.65. The van der Waals surface area contributed by atoms with Gasteiger partial charge in [-0.25, -0.2) is 9.18 Å². The summed E-state index contributed by atoms with van der Waals surface area (Å²) in [6.45, 7) is 3.98. The molecule has 1 aromatic carbocycles. The molecule has 0 radical (unpaired) electrons. The van der Waals surface area contributed by atoms with Gasteiger partial charge in [0.1, 0.15) is 5.82 Å². The van der Waals surface area contributed by atoms with Gasteiger partial charge in [0.2, 0.25) is 17.2 Å². The molecule has 1 atom stereocenters. The molecule has 1 aromatic rings. The van der Waals surface area contributed by atoms with Crippen LogP contribution in [0.2, 0.25) is 5.02 Å². The van der Waals surface area contributed by atoms with Gasteiger partial charge >= 0.3 is 12.1 Å². The molecule has 0 saturated carbocycles. The Kier molecular flexibility index (Phi) is 5.32. The number of hydrogen-bond donors (Lipinski definition) is 1. The molecule has 1 heterocycles. The van der Waals surface area contributed by atoms with Crippen LogP contribution in [0, 0.1) is 5.82 Å². The molecule has 0 spiro atoms. The number of ketones is 1. The fourth-order valence-electron chi connectivity index (χ4n) is 2.24. The Bertz CT molecular complexity index is 778. The highest BCUT2D eigenvalue weighted by molar-refractivity contribution is 6.30. The van der Waals surface area contributed by atoms with Gasteiger partial charge in [0, 0.05) is 12.5 Å². The van der Waals surface area contributed by atoms with Gasteiger partial charge in [-0.1, -0.05) is 23.7 Å². The Hall–Kier alpha value is -2.61. The van der Waals surface area contributed by atoms with Crippen LogP contribution < -0.4 is 5.32 Å². The maximum Gasteiger partial charge on any atom is 0.414 e. The molecule has 7 nitrogen and oxygen atoms in total. The van der Waals surface area contributed by atoms with Gasteiger partial charge in [-0.2, -0.15) is 0 Å². The molecule has 9 heteroatoms. The minimum atomic E-state index is -1.88. The van der Waals surface area contributed by atoms with E-state index in [1.54, 1.807) is 6.92 Å². The van der Waals surface area contributed by atoms with Crippen molar-refractivity contribution in [1.82, 2.24) is 5.32 Å². The van der Waals surface area contributed by atoms with Gasteiger partial charge in [0.15, 0.2) is 0 Å². The number of Topliss-reactive ketones (excluding diaryl/α,β-unsaturated/α-hetero) is 1. The topological polar surface area (TPSA) is 90.9 Å². The zero-order valence-electron chi connectivity index (χ0n) is 13.6. The first-order valence-electron chi connectivity index (χ1n) is 7.25. The molecule has 1 aliphatic heterocycles. The minimum Gasteiger partial charge on any atom is -0.456 e. The largest absolute Gasteiger partial charge is 0.456 e. The molecule has 25 heavy (non-hydrogen) atoms. The third-order valence-electron chi connectivity index (χ3n) is 3.35. The third kappa shape index (κ3) is 3.58. The number of halogens is 2. The van der Waals surface area contributed by atoms with Crippen molar-refractivity contribution in [3.05, 3.63) is 46.2 Å². The Balaban J connectivity index is 2.45. The van der Waals surface area contributed by atoms with Crippen LogP contribution >= 0.6 is 11.6 Å². The maximum atomic E-state index is 14.4. The van der Waals surface area contributed by atoms with E-state index in [0.717, 1.165) is 6.92 Å². The number of carbonyl (C=O) groups excluding carboxylic acids is 3. The van der Waals surface area contributed by atoms with Gasteiger partial charge < -0.3 is 14.2 Å². The monoisotopic (exact) mass is 371 g/mol. The Morgan fingerprint density at radius 2 is 2.08 bits per heavy atom. The van der Waals surface area contributed by atoms with Crippen LogP contribution in [0.3, 0.4) is 0 Å². The predicted octanol–water partition coefficient (Wildman–Crippen LogP) is 2.77. The van der Waals surface area contributed by atoms with Gasteiger partial charge in [0.25, 0.3) is 5.78 Å². The van der Waals surface area contributed by atoms with Gasteiger partial charge in [0.05, 0.1) is 11.6 Å². The normalized spacial score (nSPS) is 19.5. The Labute approximate surface area is 147 Å². The Morgan fingerprint density at radius 1 is 1.40 bits per heavy atom. The summed E-state index contributed by atoms with van der Waals surface area (Å²) in [6, 6.07) is 4.05. The molecule has 0 aliphatic carbocycles. The fraction of sp³-hybridized carbons (Fsp3) is 0.312. The first-order chi connectivity index (χ1) is 11.7. The molecule has 0 aromatic heterocycles. The van der Waals surface area contributed by atoms with E-state index >= 15 is 0 Å². The molecule has 0 saturated heterocycles. The molecule has 1 aliphatic rings. The van der Waals surface area contributed by atoms with Gasteiger partial charge in [-0.15, -0.1) is 0 Å². The molecule has 1 N–H and O–H groups in total. The number of amides is 1. The summed E-state index contributed by atoms with van der Waals surface area (Å²) in [6.07, 6.45) is -0.925. The summed E-state index contributed by atoms with van der Waals surface area (Å²) in [7, 11) is 0. The van der Waals surface area contributed by atoms with E-state index in [9.17, 15) is 18.8 Å². The van der Waals surface area contributed by atoms with Crippen LogP contribution in [-0.2, 0) is 29.4 Å². The molecular formula is C16H15ClFNO6. The van der Waals surface area contributed by atoms with Gasteiger partial charge in [-0.05, 0) is 19.9 Å². The van der Waals surface area contributed by atoms with E-state index in [4.69, 9.17) is 25.8 Å².